The lowest BCUT2D eigenvalue weighted by atomic mass is 10.0. The summed E-state index contributed by atoms with van der Waals surface area (Å²) in [5.74, 6) is 2.90. The van der Waals surface area contributed by atoms with Gasteiger partial charge in [-0.15, -0.1) is 0 Å². The number of hydrogen-bond acceptors (Lipinski definition) is 4. The van der Waals surface area contributed by atoms with Gasteiger partial charge < -0.3 is 9.47 Å². The third-order valence-electron chi connectivity index (χ3n) is 5.18. The van der Waals surface area contributed by atoms with E-state index >= 15 is 0 Å². The van der Waals surface area contributed by atoms with Gasteiger partial charge in [0.25, 0.3) is 0 Å². The first kappa shape index (κ1) is 20.8. The summed E-state index contributed by atoms with van der Waals surface area (Å²) in [6.45, 7) is 0. The molecule has 0 radical (unpaired) electrons. The predicted octanol–water partition coefficient (Wildman–Crippen LogP) is 8.25. The number of ether oxygens (including phenoxy) is 2. The minimum atomic E-state index is 0.544. The van der Waals surface area contributed by atoms with E-state index in [9.17, 15) is 0 Å². The van der Waals surface area contributed by atoms with Crippen LogP contribution in [-0.4, -0.2) is 11.9 Å². The Morgan fingerprint density at radius 2 is 0.719 bits per heavy atom. The summed E-state index contributed by atoms with van der Waals surface area (Å²) in [5, 5.41) is 4.28. The summed E-state index contributed by atoms with van der Waals surface area (Å²) >= 11 is 3.38. The molecule has 5 rings (SSSR count). The fraction of sp³-hybridized carbons (Fsp3) is 0.0714. The summed E-state index contributed by atoms with van der Waals surface area (Å²) in [6, 6.07) is 37.3. The highest BCUT2D eigenvalue weighted by molar-refractivity contribution is 7.99. The lowest BCUT2D eigenvalue weighted by molar-refractivity contribution is 0.395. The first-order valence-electron chi connectivity index (χ1n) is 10.4. The average molecular weight is 455 g/mol. The van der Waals surface area contributed by atoms with Crippen LogP contribution in [0, 0.1) is 0 Å². The zero-order valence-corrected chi connectivity index (χ0v) is 19.1. The van der Waals surface area contributed by atoms with Gasteiger partial charge >= 0.3 is 0 Å². The molecular formula is C28H22O2S2. The van der Waals surface area contributed by atoms with Crippen molar-refractivity contribution in [3.05, 3.63) is 109 Å². The molecule has 5 aromatic rings. The van der Waals surface area contributed by atoms with Gasteiger partial charge in [0.1, 0.15) is 23.4 Å². The van der Waals surface area contributed by atoms with Gasteiger partial charge in [-0.3, -0.25) is 0 Å². The molecule has 158 valence electrons. The Kier molecular flexibility index (Phi) is 6.52. The van der Waals surface area contributed by atoms with Crippen LogP contribution in [0.15, 0.2) is 119 Å². The Hall–Kier alpha value is -3.08. The van der Waals surface area contributed by atoms with Crippen LogP contribution in [0.2, 0.25) is 0 Å². The normalized spacial score (nSPS) is 11.0. The van der Waals surface area contributed by atoms with E-state index < -0.39 is 0 Å². The highest BCUT2D eigenvalue weighted by Crippen LogP contribution is 2.43. The van der Waals surface area contributed by atoms with Gasteiger partial charge in [0.2, 0.25) is 0 Å². The zero-order valence-electron chi connectivity index (χ0n) is 17.4. The van der Waals surface area contributed by atoms with Gasteiger partial charge in [-0.05, 0) is 24.3 Å². The molecule has 0 aliphatic carbocycles. The van der Waals surface area contributed by atoms with Crippen molar-refractivity contribution in [1.29, 1.82) is 0 Å². The molecule has 0 aromatic heterocycles. The molecule has 4 heteroatoms. The topological polar surface area (TPSA) is 18.5 Å². The second-order valence-corrected chi connectivity index (χ2v) is 9.18. The first-order valence-corrected chi connectivity index (χ1v) is 12.4. The molecule has 2 nitrogen and oxygen atoms in total. The van der Waals surface area contributed by atoms with Crippen LogP contribution in [0.25, 0.3) is 21.5 Å². The van der Waals surface area contributed by atoms with Crippen LogP contribution in [0.5, 0.6) is 11.5 Å². The van der Waals surface area contributed by atoms with Crippen LogP contribution >= 0.6 is 23.5 Å². The number of thioether (sulfide) groups is 2. The summed E-state index contributed by atoms with van der Waals surface area (Å²) in [7, 11) is 0. The molecule has 0 fully saturated rings. The second-order valence-electron chi connectivity index (χ2n) is 7.19. The van der Waals surface area contributed by atoms with E-state index in [4.69, 9.17) is 9.47 Å². The van der Waals surface area contributed by atoms with Gasteiger partial charge in [0.05, 0.1) is 0 Å². The molecule has 0 heterocycles. The monoisotopic (exact) mass is 454 g/mol. The van der Waals surface area contributed by atoms with Crippen LogP contribution in [0.4, 0.5) is 0 Å². The van der Waals surface area contributed by atoms with Crippen LogP contribution < -0.4 is 9.47 Å². The Balaban J connectivity index is 1.47. The number of rotatable bonds is 8. The van der Waals surface area contributed by atoms with E-state index in [1.165, 1.54) is 9.79 Å². The second kappa shape index (κ2) is 10.0. The summed E-state index contributed by atoms with van der Waals surface area (Å²) < 4.78 is 12.7. The van der Waals surface area contributed by atoms with E-state index in [-0.39, 0.29) is 0 Å². The standard InChI is InChI=1S/C28H22O2S2/c1-3-11-21(12-4-1)31-19-29-27-23-15-7-9-17-25(23)28(26-18-10-8-16-24(26)27)30-20-32-22-13-5-2-6-14-22/h1-18H,19-20H2. The fourth-order valence-corrected chi connectivity index (χ4v) is 5.03. The zero-order chi connectivity index (χ0) is 21.6. The van der Waals surface area contributed by atoms with Crippen molar-refractivity contribution in [2.24, 2.45) is 0 Å². The quantitative estimate of drug-likeness (QED) is 0.133. The van der Waals surface area contributed by atoms with Crippen molar-refractivity contribution < 1.29 is 9.47 Å². The van der Waals surface area contributed by atoms with Crippen LogP contribution in [-0.2, 0) is 0 Å². The Morgan fingerprint density at radius 1 is 0.406 bits per heavy atom. The number of hydrogen-bond donors (Lipinski definition) is 0. The lowest BCUT2D eigenvalue weighted by Crippen LogP contribution is -1.99. The minimum absolute atomic E-state index is 0.544. The number of benzene rings is 5. The van der Waals surface area contributed by atoms with E-state index in [1.54, 1.807) is 23.5 Å². The molecular weight excluding hydrogens is 432 g/mol. The maximum atomic E-state index is 6.37. The first-order chi connectivity index (χ1) is 15.9. The van der Waals surface area contributed by atoms with E-state index in [2.05, 4.69) is 72.8 Å². The minimum Gasteiger partial charge on any atom is -0.481 e. The molecule has 0 aliphatic heterocycles. The van der Waals surface area contributed by atoms with Crippen molar-refractivity contribution in [2.45, 2.75) is 9.79 Å². The molecule has 0 saturated carbocycles. The van der Waals surface area contributed by atoms with Crippen molar-refractivity contribution in [2.75, 3.05) is 11.9 Å². The molecule has 0 atom stereocenters. The maximum Gasteiger partial charge on any atom is 0.138 e. The third-order valence-corrected chi connectivity index (χ3v) is 6.86. The average Bonchev–Trinajstić information content (AvgIpc) is 2.86. The van der Waals surface area contributed by atoms with Gasteiger partial charge in [-0.2, -0.15) is 0 Å². The molecule has 0 aliphatic rings. The fourth-order valence-electron chi connectivity index (χ4n) is 3.71. The molecule has 0 unspecified atom stereocenters. The van der Waals surface area contributed by atoms with Crippen molar-refractivity contribution in [1.82, 2.24) is 0 Å². The molecule has 0 bridgehead atoms. The molecule has 0 amide bonds. The Labute approximate surface area is 196 Å². The smallest absolute Gasteiger partial charge is 0.138 e. The molecule has 0 N–H and O–H groups in total. The lowest BCUT2D eigenvalue weighted by Gasteiger charge is -2.17. The summed E-state index contributed by atoms with van der Waals surface area (Å²) in [6.07, 6.45) is 0. The number of fused-ring (bicyclic) bond motifs is 2. The third kappa shape index (κ3) is 4.57. The molecule has 32 heavy (non-hydrogen) atoms. The Morgan fingerprint density at radius 3 is 1.06 bits per heavy atom. The van der Waals surface area contributed by atoms with E-state index in [0.717, 1.165) is 33.0 Å². The Bertz CT molecular complexity index is 1160. The van der Waals surface area contributed by atoms with Crippen molar-refractivity contribution in [3.63, 3.8) is 0 Å². The molecule has 0 saturated heterocycles. The van der Waals surface area contributed by atoms with Gasteiger partial charge in [-0.25, -0.2) is 0 Å². The van der Waals surface area contributed by atoms with Crippen LogP contribution in [0.1, 0.15) is 0 Å². The van der Waals surface area contributed by atoms with E-state index in [0.29, 0.717) is 11.9 Å². The summed E-state index contributed by atoms with van der Waals surface area (Å²) in [4.78, 5) is 2.39. The molecule has 5 aromatic carbocycles. The van der Waals surface area contributed by atoms with Crippen molar-refractivity contribution >= 4 is 45.1 Å². The van der Waals surface area contributed by atoms with Gasteiger partial charge in [-0.1, -0.05) is 108 Å². The van der Waals surface area contributed by atoms with Gasteiger partial charge in [0, 0.05) is 31.3 Å². The predicted molar refractivity (Wildman–Crippen MR) is 137 cm³/mol. The highest BCUT2D eigenvalue weighted by atomic mass is 32.2. The highest BCUT2D eigenvalue weighted by Gasteiger charge is 2.16. The van der Waals surface area contributed by atoms with Crippen LogP contribution in [0.3, 0.4) is 0 Å². The summed E-state index contributed by atoms with van der Waals surface area (Å²) in [5.41, 5.74) is 0. The van der Waals surface area contributed by atoms with Crippen molar-refractivity contribution in [3.8, 4) is 11.5 Å². The van der Waals surface area contributed by atoms with E-state index in [1.807, 2.05) is 36.4 Å². The maximum absolute atomic E-state index is 6.37. The molecule has 0 spiro atoms. The largest absolute Gasteiger partial charge is 0.481 e. The van der Waals surface area contributed by atoms with Gasteiger partial charge in [0.15, 0.2) is 0 Å². The SMILES string of the molecule is c1ccc(SCOc2c3ccccc3c(OCSc3ccccc3)c3ccccc23)cc1.